The van der Waals surface area contributed by atoms with Gasteiger partial charge in [0.25, 0.3) is 0 Å². The molecule has 0 N–H and O–H groups in total. The van der Waals surface area contributed by atoms with Crippen LogP contribution >= 0.6 is 11.8 Å². The van der Waals surface area contributed by atoms with E-state index in [0.29, 0.717) is 0 Å². The Bertz CT molecular complexity index is 235. The average molecular weight is 192 g/mol. The van der Waals surface area contributed by atoms with Crippen LogP contribution in [-0.4, -0.2) is 5.75 Å². The summed E-state index contributed by atoms with van der Waals surface area (Å²) in [6.07, 6.45) is 5.62. The zero-order chi connectivity index (χ0) is 8.93. The molecule has 0 saturated carbocycles. The Labute approximate surface area is 84.7 Å². The van der Waals surface area contributed by atoms with Crippen molar-refractivity contribution in [2.75, 3.05) is 5.75 Å². The molecule has 0 amide bonds. The maximum Gasteiger partial charge on any atom is 0.0297 e. The summed E-state index contributed by atoms with van der Waals surface area (Å²) >= 11 is 2.14. The lowest BCUT2D eigenvalue weighted by molar-refractivity contribution is 0.681. The van der Waals surface area contributed by atoms with Crippen LogP contribution in [0.5, 0.6) is 0 Å². The smallest absolute Gasteiger partial charge is 0.0297 e. The largest absolute Gasteiger partial charge is 0.154 e. The molecular weight excluding hydrogens is 176 g/mol. The van der Waals surface area contributed by atoms with E-state index in [0.717, 1.165) is 5.25 Å². The third-order valence-electron chi connectivity index (χ3n) is 2.60. The van der Waals surface area contributed by atoms with E-state index in [4.69, 9.17) is 0 Å². The molecule has 1 atom stereocenters. The maximum atomic E-state index is 2.27. The van der Waals surface area contributed by atoms with Crippen molar-refractivity contribution >= 4 is 11.8 Å². The molecule has 1 aliphatic heterocycles. The van der Waals surface area contributed by atoms with Crippen molar-refractivity contribution in [3.8, 4) is 0 Å². The van der Waals surface area contributed by atoms with E-state index in [1.54, 1.807) is 0 Å². The van der Waals surface area contributed by atoms with Gasteiger partial charge >= 0.3 is 0 Å². The molecule has 1 aliphatic rings. The second-order valence-corrected chi connectivity index (χ2v) is 4.93. The van der Waals surface area contributed by atoms with Crippen LogP contribution in [0.3, 0.4) is 0 Å². The maximum absolute atomic E-state index is 2.27. The number of hydrogen-bond donors (Lipinski definition) is 0. The van der Waals surface area contributed by atoms with Gasteiger partial charge in [0.05, 0.1) is 0 Å². The fourth-order valence-corrected chi connectivity index (χ4v) is 3.19. The van der Waals surface area contributed by atoms with Gasteiger partial charge in [-0.05, 0) is 24.2 Å². The van der Waals surface area contributed by atoms with Crippen molar-refractivity contribution in [1.29, 1.82) is 0 Å². The summed E-state index contributed by atoms with van der Waals surface area (Å²) in [5.74, 6) is 1.35. The van der Waals surface area contributed by atoms with Crippen LogP contribution in [0.25, 0.3) is 0 Å². The zero-order valence-electron chi connectivity index (χ0n) is 7.91. The third-order valence-corrected chi connectivity index (χ3v) is 4.04. The number of rotatable bonds is 1. The lowest BCUT2D eigenvalue weighted by Crippen LogP contribution is -1.91. The molecule has 1 aromatic carbocycles. The third kappa shape index (κ3) is 2.50. The van der Waals surface area contributed by atoms with E-state index in [-0.39, 0.29) is 0 Å². The van der Waals surface area contributed by atoms with E-state index in [1.807, 2.05) is 0 Å². The molecule has 1 heterocycles. The minimum atomic E-state index is 0.767. The first-order chi connectivity index (χ1) is 6.47. The highest BCUT2D eigenvalue weighted by molar-refractivity contribution is 7.99. The summed E-state index contributed by atoms with van der Waals surface area (Å²) in [6.45, 7) is 0. The first kappa shape index (κ1) is 9.14. The fraction of sp³-hybridized carbons (Fsp3) is 0.500. The molecule has 1 heteroatoms. The summed E-state index contributed by atoms with van der Waals surface area (Å²) in [5.41, 5.74) is 1.52. The van der Waals surface area contributed by atoms with Crippen molar-refractivity contribution in [2.24, 2.45) is 0 Å². The van der Waals surface area contributed by atoms with Gasteiger partial charge in [0.15, 0.2) is 0 Å². The fourth-order valence-electron chi connectivity index (χ4n) is 1.85. The molecule has 13 heavy (non-hydrogen) atoms. The average Bonchev–Trinajstić information content (AvgIpc) is 2.47. The van der Waals surface area contributed by atoms with E-state index >= 15 is 0 Å². The van der Waals surface area contributed by atoms with Crippen LogP contribution in [0, 0.1) is 0 Å². The Morgan fingerprint density at radius 2 is 1.85 bits per heavy atom. The standard InChI is InChI=1S/C12H16S/c1-3-7-11(8-4-1)12-9-5-2-6-10-13-12/h1,3-4,7-8,12H,2,5-6,9-10H2. The Hall–Kier alpha value is -0.430. The van der Waals surface area contributed by atoms with Crippen LogP contribution in [0.4, 0.5) is 0 Å². The Morgan fingerprint density at radius 3 is 2.69 bits per heavy atom. The molecule has 1 fully saturated rings. The van der Waals surface area contributed by atoms with Gasteiger partial charge in [0, 0.05) is 5.25 Å². The highest BCUT2D eigenvalue weighted by atomic mass is 32.2. The van der Waals surface area contributed by atoms with Gasteiger partial charge in [-0.25, -0.2) is 0 Å². The molecule has 1 saturated heterocycles. The summed E-state index contributed by atoms with van der Waals surface area (Å²) < 4.78 is 0. The Morgan fingerprint density at radius 1 is 1.00 bits per heavy atom. The second kappa shape index (κ2) is 4.71. The Kier molecular flexibility index (Phi) is 3.31. The van der Waals surface area contributed by atoms with Gasteiger partial charge in [-0.2, -0.15) is 11.8 Å². The van der Waals surface area contributed by atoms with Gasteiger partial charge in [-0.3, -0.25) is 0 Å². The molecule has 0 nitrogen and oxygen atoms in total. The van der Waals surface area contributed by atoms with Crippen LogP contribution in [-0.2, 0) is 0 Å². The van der Waals surface area contributed by atoms with Crippen molar-refractivity contribution in [3.05, 3.63) is 35.9 Å². The van der Waals surface area contributed by atoms with E-state index < -0.39 is 0 Å². The summed E-state index contributed by atoms with van der Waals surface area (Å²) in [6, 6.07) is 10.9. The number of thioether (sulfide) groups is 1. The lowest BCUT2D eigenvalue weighted by Gasteiger charge is -2.13. The monoisotopic (exact) mass is 192 g/mol. The van der Waals surface area contributed by atoms with E-state index in [2.05, 4.69) is 42.1 Å². The van der Waals surface area contributed by atoms with Crippen LogP contribution in [0.1, 0.15) is 36.5 Å². The molecule has 0 aromatic heterocycles. The van der Waals surface area contributed by atoms with Gasteiger partial charge < -0.3 is 0 Å². The molecule has 2 rings (SSSR count). The molecule has 1 unspecified atom stereocenters. The first-order valence-corrected chi connectivity index (χ1v) is 6.18. The molecule has 0 bridgehead atoms. The highest BCUT2D eigenvalue weighted by Crippen LogP contribution is 2.36. The minimum Gasteiger partial charge on any atom is -0.154 e. The Balaban J connectivity index is 2.06. The second-order valence-electron chi connectivity index (χ2n) is 3.62. The van der Waals surface area contributed by atoms with E-state index in [1.165, 1.54) is 37.0 Å². The lowest BCUT2D eigenvalue weighted by atomic mass is 10.1. The normalized spacial score (nSPS) is 23.8. The minimum absolute atomic E-state index is 0.767. The first-order valence-electron chi connectivity index (χ1n) is 5.13. The topological polar surface area (TPSA) is 0 Å². The highest BCUT2D eigenvalue weighted by Gasteiger charge is 2.13. The quantitative estimate of drug-likeness (QED) is 0.647. The number of hydrogen-bond acceptors (Lipinski definition) is 1. The summed E-state index contributed by atoms with van der Waals surface area (Å²) in [7, 11) is 0. The molecular formula is C12H16S. The van der Waals surface area contributed by atoms with Crippen LogP contribution in [0.2, 0.25) is 0 Å². The molecule has 0 spiro atoms. The number of benzene rings is 1. The van der Waals surface area contributed by atoms with Crippen LogP contribution < -0.4 is 0 Å². The molecule has 1 aromatic rings. The summed E-state index contributed by atoms with van der Waals surface area (Å²) in [5, 5.41) is 0.767. The molecule has 70 valence electrons. The predicted octanol–water partition coefficient (Wildman–Crippen LogP) is 4.03. The van der Waals surface area contributed by atoms with Gasteiger partial charge in [-0.15, -0.1) is 0 Å². The van der Waals surface area contributed by atoms with Crippen molar-refractivity contribution in [3.63, 3.8) is 0 Å². The van der Waals surface area contributed by atoms with Gasteiger partial charge in [-0.1, -0.05) is 43.2 Å². The zero-order valence-corrected chi connectivity index (χ0v) is 8.72. The van der Waals surface area contributed by atoms with Crippen LogP contribution in [0.15, 0.2) is 30.3 Å². The molecule has 0 aliphatic carbocycles. The predicted molar refractivity (Wildman–Crippen MR) is 60.1 cm³/mol. The summed E-state index contributed by atoms with van der Waals surface area (Å²) in [4.78, 5) is 0. The van der Waals surface area contributed by atoms with Crippen molar-refractivity contribution in [1.82, 2.24) is 0 Å². The molecule has 0 radical (unpaired) electrons. The van der Waals surface area contributed by atoms with Gasteiger partial charge in [0.1, 0.15) is 0 Å². The van der Waals surface area contributed by atoms with Crippen molar-refractivity contribution < 1.29 is 0 Å². The van der Waals surface area contributed by atoms with Crippen molar-refractivity contribution in [2.45, 2.75) is 30.9 Å². The van der Waals surface area contributed by atoms with E-state index in [9.17, 15) is 0 Å². The SMILES string of the molecule is c1ccc(C2CCCCCS2)cc1. The van der Waals surface area contributed by atoms with Gasteiger partial charge in [0.2, 0.25) is 0 Å².